The van der Waals surface area contributed by atoms with Gasteiger partial charge in [0.1, 0.15) is 23.0 Å². The lowest BCUT2D eigenvalue weighted by Crippen LogP contribution is -2.29. The number of nitrogens with zero attached hydrogens (tertiary/aromatic N) is 2. The van der Waals surface area contributed by atoms with Crippen LogP contribution in [0.15, 0.2) is 72.3 Å². The molecule has 1 saturated heterocycles. The Balaban J connectivity index is 1.55. The van der Waals surface area contributed by atoms with Gasteiger partial charge in [-0.3, -0.25) is 14.5 Å². The summed E-state index contributed by atoms with van der Waals surface area (Å²) in [7, 11) is 1.51. The molecule has 1 fully saturated rings. The zero-order valence-electron chi connectivity index (χ0n) is 28.3. The van der Waals surface area contributed by atoms with E-state index in [0.717, 1.165) is 41.7 Å². The summed E-state index contributed by atoms with van der Waals surface area (Å²) in [5, 5.41) is 11.8. The van der Waals surface area contributed by atoms with Gasteiger partial charge in [-0.15, -0.1) is 0 Å². The predicted molar refractivity (Wildman–Crippen MR) is 188 cm³/mol. The minimum atomic E-state index is -1.10. The van der Waals surface area contributed by atoms with Crippen molar-refractivity contribution in [3.8, 4) is 17.2 Å². The molecule has 5 rings (SSSR count). The van der Waals surface area contributed by atoms with Crippen molar-refractivity contribution in [2.45, 2.75) is 59.6 Å². The van der Waals surface area contributed by atoms with Crippen LogP contribution >= 0.6 is 11.3 Å². The van der Waals surface area contributed by atoms with Crippen LogP contribution in [0.25, 0.3) is 5.76 Å². The monoisotopic (exact) mass is 684 g/mol. The van der Waals surface area contributed by atoms with E-state index in [-0.39, 0.29) is 27.9 Å². The van der Waals surface area contributed by atoms with E-state index in [9.17, 15) is 19.5 Å². The number of anilines is 1. The van der Waals surface area contributed by atoms with Crippen molar-refractivity contribution < 1.29 is 38.4 Å². The number of hydrogen-bond acceptors (Lipinski definition) is 10. The summed E-state index contributed by atoms with van der Waals surface area (Å²) in [5.74, 6) is -1.26. The maximum absolute atomic E-state index is 13.8. The first kappa shape index (κ1) is 35.2. The first-order valence-corrected chi connectivity index (χ1v) is 17.0. The summed E-state index contributed by atoms with van der Waals surface area (Å²) >= 11 is 0.944. The first-order chi connectivity index (χ1) is 23.7. The number of aliphatic hydroxyl groups excluding tert-OH is 1. The van der Waals surface area contributed by atoms with Crippen LogP contribution in [0.5, 0.6) is 17.2 Å². The van der Waals surface area contributed by atoms with Gasteiger partial charge in [0.05, 0.1) is 37.6 Å². The lowest BCUT2D eigenvalue weighted by molar-refractivity contribution is -0.132. The van der Waals surface area contributed by atoms with Gasteiger partial charge < -0.3 is 24.1 Å². The van der Waals surface area contributed by atoms with Gasteiger partial charge in [0, 0.05) is 5.56 Å². The van der Waals surface area contributed by atoms with Gasteiger partial charge in [-0.1, -0.05) is 67.0 Å². The van der Waals surface area contributed by atoms with Crippen molar-refractivity contribution in [1.82, 2.24) is 4.98 Å². The van der Waals surface area contributed by atoms with E-state index >= 15 is 0 Å². The van der Waals surface area contributed by atoms with Crippen molar-refractivity contribution >= 4 is 39.9 Å². The summed E-state index contributed by atoms with van der Waals surface area (Å²) in [4.78, 5) is 46.1. The molecule has 1 N–H and O–H groups in total. The van der Waals surface area contributed by atoms with Gasteiger partial charge in [-0.2, -0.15) is 0 Å². The number of hydrogen-bond donors (Lipinski definition) is 1. The Morgan fingerprint density at radius 2 is 1.73 bits per heavy atom. The van der Waals surface area contributed by atoms with Gasteiger partial charge in [0.15, 0.2) is 16.6 Å². The highest BCUT2D eigenvalue weighted by Gasteiger charge is 2.48. The fourth-order valence-electron chi connectivity index (χ4n) is 5.56. The molecule has 1 amide bonds. The minimum Gasteiger partial charge on any atom is -0.507 e. The van der Waals surface area contributed by atoms with Crippen molar-refractivity contribution in [3.63, 3.8) is 0 Å². The number of aryl methyl sites for hydroxylation is 2. The van der Waals surface area contributed by atoms with Crippen LogP contribution in [0.1, 0.15) is 76.8 Å². The highest BCUT2D eigenvalue weighted by molar-refractivity contribution is 7.17. The molecule has 0 saturated carbocycles. The number of aliphatic hydroxyl groups is 1. The highest BCUT2D eigenvalue weighted by atomic mass is 32.1. The average Bonchev–Trinajstić information content (AvgIpc) is 3.61. The molecule has 1 aromatic heterocycles. The Labute approximate surface area is 289 Å². The maximum atomic E-state index is 13.8. The van der Waals surface area contributed by atoms with E-state index in [1.54, 1.807) is 56.3 Å². The van der Waals surface area contributed by atoms with Gasteiger partial charge in [0.2, 0.25) is 0 Å². The molecule has 1 atom stereocenters. The van der Waals surface area contributed by atoms with Crippen LogP contribution in [0, 0.1) is 13.8 Å². The molecule has 1 aliphatic heterocycles. The second-order valence-electron chi connectivity index (χ2n) is 11.6. The van der Waals surface area contributed by atoms with Gasteiger partial charge in [-0.25, -0.2) is 9.78 Å². The van der Waals surface area contributed by atoms with E-state index in [0.29, 0.717) is 47.3 Å². The molecule has 0 spiro atoms. The number of ether oxygens (including phenoxy) is 4. The standard InChI is InChI=1S/C38H40N2O8S/c1-6-8-9-19-47-29-18-15-27(21-30(29)45-5)32-31(34(42)36(43)40(32)38-39-24(4)35(49-38)37(44)46-7-2)33(41)26-13-16-28(17-14-26)48-22-25-12-10-11-23(3)20-25/h10-18,20-21,32,41H,6-9,19,22H2,1-5H3/b33-31+. The predicted octanol–water partition coefficient (Wildman–Crippen LogP) is 7.72. The average molecular weight is 685 g/mol. The summed E-state index contributed by atoms with van der Waals surface area (Å²) in [5.41, 5.74) is 3.15. The summed E-state index contributed by atoms with van der Waals surface area (Å²) < 4.78 is 22.7. The van der Waals surface area contributed by atoms with Crippen molar-refractivity contribution in [3.05, 3.63) is 105 Å². The number of Topliss-reactive ketones (excluding diaryl/α,β-unsaturated/α-hetero) is 1. The minimum absolute atomic E-state index is 0.116. The first-order valence-electron chi connectivity index (χ1n) is 16.2. The molecule has 4 aromatic rings. The van der Waals surface area contributed by atoms with Gasteiger partial charge in [0.25, 0.3) is 5.78 Å². The molecule has 0 aliphatic carbocycles. The second-order valence-corrected chi connectivity index (χ2v) is 12.5. The Kier molecular flexibility index (Phi) is 11.4. The molecular formula is C38H40N2O8S. The SMILES string of the molecule is CCCCCOc1ccc(C2/C(=C(\O)c3ccc(OCc4cccc(C)c4)cc3)C(=O)C(=O)N2c2nc(C)c(C(=O)OCC)s2)cc1OC. The van der Waals surface area contributed by atoms with Crippen LogP contribution < -0.4 is 19.1 Å². The summed E-state index contributed by atoms with van der Waals surface area (Å²) in [6.07, 6.45) is 2.95. The number of thiazole rings is 1. The zero-order valence-corrected chi connectivity index (χ0v) is 29.1. The van der Waals surface area contributed by atoms with Crippen molar-refractivity contribution in [2.24, 2.45) is 0 Å². The van der Waals surface area contributed by atoms with Crippen molar-refractivity contribution in [2.75, 3.05) is 25.2 Å². The molecular weight excluding hydrogens is 644 g/mol. The molecule has 49 heavy (non-hydrogen) atoms. The largest absolute Gasteiger partial charge is 0.507 e. The Morgan fingerprint density at radius 3 is 2.43 bits per heavy atom. The number of carbonyl (C=O) groups excluding carboxylic acids is 3. The van der Waals surface area contributed by atoms with Gasteiger partial charge >= 0.3 is 11.9 Å². The molecule has 0 bridgehead atoms. The molecule has 3 aromatic carbocycles. The third kappa shape index (κ3) is 7.78. The second kappa shape index (κ2) is 15.8. The highest BCUT2D eigenvalue weighted by Crippen LogP contribution is 2.45. The van der Waals surface area contributed by atoms with Crippen LogP contribution in [-0.4, -0.2) is 48.1 Å². The van der Waals surface area contributed by atoms with Crippen molar-refractivity contribution in [1.29, 1.82) is 0 Å². The number of aromatic nitrogens is 1. The van der Waals surface area contributed by atoms with E-state index in [4.69, 9.17) is 18.9 Å². The third-order valence-electron chi connectivity index (χ3n) is 8.02. The molecule has 10 nitrogen and oxygen atoms in total. The van der Waals surface area contributed by atoms with E-state index in [2.05, 4.69) is 11.9 Å². The summed E-state index contributed by atoms with van der Waals surface area (Å²) in [6.45, 7) is 8.48. The number of rotatable bonds is 14. The van der Waals surface area contributed by atoms with E-state index in [1.165, 1.54) is 12.0 Å². The van der Waals surface area contributed by atoms with Crippen LogP contribution in [0.2, 0.25) is 0 Å². The quantitative estimate of drug-likeness (QED) is 0.0467. The van der Waals surface area contributed by atoms with E-state index in [1.807, 2.05) is 31.2 Å². The molecule has 1 unspecified atom stereocenters. The van der Waals surface area contributed by atoms with Crippen LogP contribution in [0.4, 0.5) is 5.13 Å². The fraction of sp³-hybridized carbons (Fsp3) is 0.316. The molecule has 0 radical (unpaired) electrons. The van der Waals surface area contributed by atoms with E-state index < -0.39 is 23.7 Å². The Bertz CT molecular complexity index is 1860. The maximum Gasteiger partial charge on any atom is 0.350 e. The fourth-order valence-corrected chi connectivity index (χ4v) is 6.54. The number of ketones is 1. The molecule has 1 aliphatic rings. The normalized spacial score (nSPS) is 15.4. The zero-order chi connectivity index (χ0) is 35.1. The van der Waals surface area contributed by atoms with Gasteiger partial charge in [-0.05, 0) is 74.7 Å². The Morgan fingerprint density at radius 1 is 0.959 bits per heavy atom. The lowest BCUT2D eigenvalue weighted by atomic mass is 9.95. The topological polar surface area (TPSA) is 124 Å². The summed E-state index contributed by atoms with van der Waals surface area (Å²) in [6, 6.07) is 18.7. The number of benzene rings is 3. The lowest BCUT2D eigenvalue weighted by Gasteiger charge is -2.24. The molecule has 11 heteroatoms. The molecule has 2 heterocycles. The molecule has 256 valence electrons. The number of methoxy groups -OCH3 is 1. The smallest absolute Gasteiger partial charge is 0.350 e. The number of amides is 1. The number of esters is 1. The number of carbonyl (C=O) groups is 3. The van der Waals surface area contributed by atoms with Crippen LogP contribution in [0.3, 0.4) is 0 Å². The number of unbranched alkanes of at least 4 members (excludes halogenated alkanes) is 2. The third-order valence-corrected chi connectivity index (χ3v) is 9.16. The van der Waals surface area contributed by atoms with Crippen LogP contribution in [-0.2, 0) is 20.9 Å². The Hall–Kier alpha value is -5.16.